The van der Waals surface area contributed by atoms with Crippen molar-refractivity contribution in [3.8, 4) is 5.69 Å². The van der Waals surface area contributed by atoms with Crippen LogP contribution in [0.2, 0.25) is 0 Å². The molecule has 0 spiro atoms. The summed E-state index contributed by atoms with van der Waals surface area (Å²) in [4.78, 5) is 11.4. The van der Waals surface area contributed by atoms with Crippen LogP contribution in [0.1, 0.15) is 17.3 Å². The van der Waals surface area contributed by atoms with E-state index in [0.717, 1.165) is 16.7 Å². The zero-order chi connectivity index (χ0) is 13.4. The Morgan fingerprint density at radius 2 is 2.00 bits per heavy atom. The van der Waals surface area contributed by atoms with Gasteiger partial charge in [0, 0.05) is 11.3 Å². The lowest BCUT2D eigenvalue weighted by molar-refractivity contribution is 0.101. The smallest absolute Gasteiger partial charge is 0.161 e. The first-order chi connectivity index (χ1) is 9.16. The van der Waals surface area contributed by atoms with Gasteiger partial charge in [0.15, 0.2) is 5.78 Å². The van der Waals surface area contributed by atoms with Crippen molar-refractivity contribution in [1.82, 2.24) is 15.0 Å². The molecule has 5 heteroatoms. The van der Waals surface area contributed by atoms with Crippen molar-refractivity contribution in [1.29, 1.82) is 0 Å². The van der Waals surface area contributed by atoms with Gasteiger partial charge in [-0.2, -0.15) is 0 Å². The van der Waals surface area contributed by atoms with Crippen molar-refractivity contribution >= 4 is 22.5 Å². The van der Waals surface area contributed by atoms with Crippen LogP contribution < -0.4 is 5.73 Å². The average Bonchev–Trinajstić information content (AvgIpc) is 2.82. The second-order valence-corrected chi connectivity index (χ2v) is 4.32. The Morgan fingerprint density at radius 1 is 1.21 bits per heavy atom. The van der Waals surface area contributed by atoms with E-state index in [1.165, 1.54) is 6.92 Å². The van der Waals surface area contributed by atoms with E-state index in [1.54, 1.807) is 16.8 Å². The van der Waals surface area contributed by atoms with Crippen molar-refractivity contribution in [2.24, 2.45) is 0 Å². The summed E-state index contributed by atoms with van der Waals surface area (Å²) in [5.41, 5.74) is 9.37. The normalized spacial score (nSPS) is 10.8. The minimum atomic E-state index is -0.0486. The number of fused-ring (bicyclic) bond motifs is 1. The number of nitrogens with two attached hydrogens (primary N) is 1. The van der Waals surface area contributed by atoms with E-state index in [9.17, 15) is 4.79 Å². The van der Waals surface area contributed by atoms with Crippen molar-refractivity contribution < 1.29 is 4.79 Å². The van der Waals surface area contributed by atoms with Gasteiger partial charge in [-0.25, -0.2) is 4.68 Å². The van der Waals surface area contributed by atoms with Crippen LogP contribution in [0.5, 0.6) is 0 Å². The molecule has 94 valence electrons. The number of Topliss-reactive ketones (excluding diaryl/α,β-unsaturated/α-hetero) is 1. The number of hydrogen-bond donors (Lipinski definition) is 1. The highest BCUT2D eigenvalue weighted by Gasteiger charge is 2.09. The highest BCUT2D eigenvalue weighted by molar-refractivity contribution is 5.99. The molecule has 2 aromatic carbocycles. The van der Waals surface area contributed by atoms with Crippen LogP contribution in [-0.2, 0) is 0 Å². The molecule has 3 rings (SSSR count). The predicted molar refractivity (Wildman–Crippen MR) is 73.3 cm³/mol. The first-order valence-electron chi connectivity index (χ1n) is 5.88. The standard InChI is InChI=1S/C14H12N4O/c1-9(19)11-7-6-10(8-12(11)15)18-14-5-3-2-4-13(14)16-17-18/h2-8H,15H2,1H3. The van der Waals surface area contributed by atoms with Crippen LogP contribution in [0.3, 0.4) is 0 Å². The fourth-order valence-electron chi connectivity index (χ4n) is 2.06. The summed E-state index contributed by atoms with van der Waals surface area (Å²) in [6.45, 7) is 1.50. The van der Waals surface area contributed by atoms with Crippen LogP contribution in [-0.4, -0.2) is 20.8 Å². The zero-order valence-electron chi connectivity index (χ0n) is 10.4. The zero-order valence-corrected chi connectivity index (χ0v) is 10.4. The van der Waals surface area contributed by atoms with Gasteiger partial charge in [-0.05, 0) is 37.3 Å². The summed E-state index contributed by atoms with van der Waals surface area (Å²) in [6.07, 6.45) is 0. The van der Waals surface area contributed by atoms with Crippen LogP contribution in [0.15, 0.2) is 42.5 Å². The molecule has 0 aliphatic rings. The van der Waals surface area contributed by atoms with Crippen molar-refractivity contribution in [2.75, 3.05) is 5.73 Å². The largest absolute Gasteiger partial charge is 0.398 e. The van der Waals surface area contributed by atoms with Crippen molar-refractivity contribution in [2.45, 2.75) is 6.92 Å². The SMILES string of the molecule is CC(=O)c1ccc(-n2nnc3ccccc32)cc1N. The number of aromatic nitrogens is 3. The summed E-state index contributed by atoms with van der Waals surface area (Å²) in [5.74, 6) is -0.0486. The summed E-state index contributed by atoms with van der Waals surface area (Å²) >= 11 is 0. The molecule has 5 nitrogen and oxygen atoms in total. The van der Waals surface area contributed by atoms with E-state index in [-0.39, 0.29) is 5.78 Å². The second kappa shape index (κ2) is 4.20. The number of nitrogens with zero attached hydrogens (tertiary/aromatic N) is 3. The number of ketones is 1. The topological polar surface area (TPSA) is 73.8 Å². The maximum atomic E-state index is 11.4. The van der Waals surface area contributed by atoms with Gasteiger partial charge in [-0.1, -0.05) is 17.3 Å². The quantitative estimate of drug-likeness (QED) is 0.560. The van der Waals surface area contributed by atoms with Gasteiger partial charge in [0.05, 0.1) is 11.2 Å². The van der Waals surface area contributed by atoms with E-state index in [1.807, 2.05) is 30.3 Å². The number of para-hydroxylation sites is 1. The molecule has 0 atom stereocenters. The van der Waals surface area contributed by atoms with Gasteiger partial charge in [0.2, 0.25) is 0 Å². The Labute approximate surface area is 109 Å². The molecule has 0 saturated carbocycles. The van der Waals surface area contributed by atoms with Crippen molar-refractivity contribution in [3.63, 3.8) is 0 Å². The number of anilines is 1. The molecule has 0 radical (unpaired) electrons. The maximum Gasteiger partial charge on any atom is 0.161 e. The molecule has 3 aromatic rings. The average molecular weight is 252 g/mol. The van der Waals surface area contributed by atoms with Crippen LogP contribution in [0.25, 0.3) is 16.7 Å². The summed E-state index contributed by atoms with van der Waals surface area (Å²) in [7, 11) is 0. The van der Waals surface area contributed by atoms with Crippen LogP contribution in [0, 0.1) is 0 Å². The number of carbonyl (C=O) groups excluding carboxylic acids is 1. The fourth-order valence-corrected chi connectivity index (χ4v) is 2.06. The molecule has 0 amide bonds. The Hall–Kier alpha value is -2.69. The number of rotatable bonds is 2. The maximum absolute atomic E-state index is 11.4. The third-order valence-electron chi connectivity index (χ3n) is 3.01. The molecule has 0 saturated heterocycles. The molecule has 19 heavy (non-hydrogen) atoms. The monoisotopic (exact) mass is 252 g/mol. The van der Waals surface area contributed by atoms with Crippen LogP contribution >= 0.6 is 0 Å². The predicted octanol–water partition coefficient (Wildman–Crippen LogP) is 2.21. The highest BCUT2D eigenvalue weighted by atomic mass is 16.1. The van der Waals surface area contributed by atoms with E-state index in [2.05, 4.69) is 10.3 Å². The fraction of sp³-hybridized carbons (Fsp3) is 0.0714. The Balaban J connectivity index is 2.17. The van der Waals surface area contributed by atoms with E-state index < -0.39 is 0 Å². The Kier molecular flexibility index (Phi) is 2.52. The number of benzene rings is 2. The van der Waals surface area contributed by atoms with Gasteiger partial charge in [0.1, 0.15) is 5.52 Å². The molecular weight excluding hydrogens is 240 g/mol. The minimum Gasteiger partial charge on any atom is -0.398 e. The van der Waals surface area contributed by atoms with Gasteiger partial charge in [0.25, 0.3) is 0 Å². The lowest BCUT2D eigenvalue weighted by Gasteiger charge is -2.06. The molecule has 0 aliphatic heterocycles. The summed E-state index contributed by atoms with van der Waals surface area (Å²) < 4.78 is 1.70. The first kappa shape index (κ1) is 11.4. The van der Waals surface area contributed by atoms with E-state index >= 15 is 0 Å². The third-order valence-corrected chi connectivity index (χ3v) is 3.01. The molecule has 1 aromatic heterocycles. The molecule has 2 N–H and O–H groups in total. The molecule has 0 unspecified atom stereocenters. The number of nitrogen functional groups attached to an aromatic ring is 1. The summed E-state index contributed by atoms with van der Waals surface area (Å²) in [6, 6.07) is 12.9. The van der Waals surface area contributed by atoms with Gasteiger partial charge in [-0.15, -0.1) is 5.10 Å². The number of carbonyl (C=O) groups is 1. The minimum absolute atomic E-state index is 0.0486. The second-order valence-electron chi connectivity index (χ2n) is 4.32. The van der Waals surface area contributed by atoms with Gasteiger partial charge < -0.3 is 5.73 Å². The highest BCUT2D eigenvalue weighted by Crippen LogP contribution is 2.20. The van der Waals surface area contributed by atoms with Gasteiger partial charge >= 0.3 is 0 Å². The van der Waals surface area contributed by atoms with Crippen LogP contribution in [0.4, 0.5) is 5.69 Å². The van der Waals surface area contributed by atoms with E-state index in [4.69, 9.17) is 5.73 Å². The summed E-state index contributed by atoms with van der Waals surface area (Å²) in [5, 5.41) is 8.19. The third kappa shape index (κ3) is 1.85. The molecule has 0 aliphatic carbocycles. The molecule has 0 bridgehead atoms. The lowest BCUT2D eigenvalue weighted by atomic mass is 10.1. The lowest BCUT2D eigenvalue weighted by Crippen LogP contribution is -2.03. The number of hydrogen-bond acceptors (Lipinski definition) is 4. The molecule has 0 fully saturated rings. The first-order valence-corrected chi connectivity index (χ1v) is 5.88. The Morgan fingerprint density at radius 3 is 2.74 bits per heavy atom. The molecule has 1 heterocycles. The Bertz CT molecular complexity index is 776. The van der Waals surface area contributed by atoms with Crippen molar-refractivity contribution in [3.05, 3.63) is 48.0 Å². The van der Waals surface area contributed by atoms with E-state index in [0.29, 0.717) is 11.3 Å². The van der Waals surface area contributed by atoms with Gasteiger partial charge in [-0.3, -0.25) is 4.79 Å². The molecular formula is C14H12N4O.